The van der Waals surface area contributed by atoms with Gasteiger partial charge in [0.15, 0.2) is 0 Å². The standard InChI is InChI=1S/C46H29N3O/c50-26-10-18-36-34-15-6-7-16-35(34)39-27-41-37-25-24-31-13-4-5-14-33(31)45(37)49(43(41)28-40(36)39)46-47-42-19-9-8-17-38(42)44(48-46)32-22-20-30(21-23-32)29-11-2-1-3-12-29/h1-28,50H/b26-10+,36-18+. The minimum absolute atomic E-state index is 0.624. The average Bonchev–Trinajstić information content (AvgIpc) is 3.68. The third-order valence-electron chi connectivity index (χ3n) is 9.99. The van der Waals surface area contributed by atoms with E-state index in [1.165, 1.54) is 16.7 Å². The van der Waals surface area contributed by atoms with Crippen molar-refractivity contribution in [1.82, 2.24) is 14.5 Å². The van der Waals surface area contributed by atoms with Crippen LogP contribution >= 0.6 is 0 Å². The number of para-hydroxylation sites is 1. The first-order valence-electron chi connectivity index (χ1n) is 16.8. The number of aliphatic hydroxyl groups is 1. The SMILES string of the molecule is O/C=C/C=C1\c2ccccc2-c2cc3c4ccc5ccccc5c4n(-c4nc(-c5ccc(-c6ccccc6)cc5)c5ccccc5n4)c3cc21. The fraction of sp³-hybridized carbons (Fsp3) is 0. The minimum atomic E-state index is 0.624. The zero-order valence-electron chi connectivity index (χ0n) is 27.0. The molecule has 0 aliphatic heterocycles. The lowest BCUT2D eigenvalue weighted by molar-refractivity contribution is 0.474. The maximum atomic E-state index is 9.62. The summed E-state index contributed by atoms with van der Waals surface area (Å²) in [6, 6.07) is 53.5. The highest BCUT2D eigenvalue weighted by atomic mass is 16.2. The summed E-state index contributed by atoms with van der Waals surface area (Å²) in [5.41, 5.74) is 13.0. The monoisotopic (exact) mass is 639 g/mol. The number of rotatable bonds is 4. The fourth-order valence-electron chi connectivity index (χ4n) is 7.73. The Morgan fingerprint density at radius 2 is 1.20 bits per heavy atom. The number of hydrogen-bond acceptors (Lipinski definition) is 3. The Morgan fingerprint density at radius 1 is 0.500 bits per heavy atom. The van der Waals surface area contributed by atoms with Gasteiger partial charge in [-0.15, -0.1) is 0 Å². The van der Waals surface area contributed by atoms with E-state index in [0.717, 1.165) is 83.3 Å². The summed E-state index contributed by atoms with van der Waals surface area (Å²) in [6.07, 6.45) is 4.77. The van der Waals surface area contributed by atoms with Gasteiger partial charge < -0.3 is 5.11 Å². The summed E-state index contributed by atoms with van der Waals surface area (Å²) >= 11 is 0. The van der Waals surface area contributed by atoms with Gasteiger partial charge in [0.05, 0.1) is 28.5 Å². The van der Waals surface area contributed by atoms with Gasteiger partial charge in [0.25, 0.3) is 0 Å². The first-order chi connectivity index (χ1) is 24.8. The van der Waals surface area contributed by atoms with E-state index < -0.39 is 0 Å². The molecule has 1 aliphatic rings. The second-order valence-electron chi connectivity index (χ2n) is 12.7. The van der Waals surface area contributed by atoms with Crippen LogP contribution in [0.15, 0.2) is 170 Å². The average molecular weight is 640 g/mol. The third-order valence-corrected chi connectivity index (χ3v) is 9.99. The molecule has 10 rings (SSSR count). The molecule has 0 fully saturated rings. The number of nitrogens with zero attached hydrogens (tertiary/aromatic N) is 3. The van der Waals surface area contributed by atoms with E-state index in [1.54, 1.807) is 6.08 Å². The minimum Gasteiger partial charge on any atom is -0.516 e. The number of aromatic nitrogens is 3. The lowest BCUT2D eigenvalue weighted by Gasteiger charge is -2.13. The molecular weight excluding hydrogens is 611 g/mol. The van der Waals surface area contributed by atoms with Gasteiger partial charge in [-0.1, -0.05) is 140 Å². The van der Waals surface area contributed by atoms with Crippen molar-refractivity contribution < 1.29 is 5.11 Å². The number of aliphatic hydroxyl groups excluding tert-OH is 1. The van der Waals surface area contributed by atoms with E-state index in [0.29, 0.717) is 5.95 Å². The van der Waals surface area contributed by atoms with Crippen LogP contribution in [0.4, 0.5) is 0 Å². The van der Waals surface area contributed by atoms with Crippen molar-refractivity contribution in [2.75, 3.05) is 0 Å². The molecule has 2 heterocycles. The fourth-order valence-corrected chi connectivity index (χ4v) is 7.73. The van der Waals surface area contributed by atoms with Crippen molar-refractivity contribution in [3.8, 4) is 39.5 Å². The van der Waals surface area contributed by atoms with Crippen molar-refractivity contribution in [2.24, 2.45) is 0 Å². The summed E-state index contributed by atoms with van der Waals surface area (Å²) in [5, 5.41) is 15.2. The number of fused-ring (bicyclic) bond motifs is 9. The second-order valence-corrected chi connectivity index (χ2v) is 12.7. The summed E-state index contributed by atoms with van der Waals surface area (Å²) in [4.78, 5) is 10.7. The lowest BCUT2D eigenvalue weighted by atomic mass is 10.0. The molecule has 1 N–H and O–H groups in total. The highest BCUT2D eigenvalue weighted by molar-refractivity contribution is 6.20. The van der Waals surface area contributed by atoms with Crippen LogP contribution in [0.5, 0.6) is 0 Å². The Kier molecular flexibility index (Phi) is 6.30. The van der Waals surface area contributed by atoms with Gasteiger partial charge in [-0.05, 0) is 68.6 Å². The molecule has 0 atom stereocenters. The Hall–Kier alpha value is -6.78. The van der Waals surface area contributed by atoms with Crippen molar-refractivity contribution in [2.45, 2.75) is 0 Å². The molecule has 2 aromatic heterocycles. The van der Waals surface area contributed by atoms with Crippen LogP contribution in [0.1, 0.15) is 11.1 Å². The molecule has 234 valence electrons. The quantitative estimate of drug-likeness (QED) is 0.195. The van der Waals surface area contributed by atoms with Gasteiger partial charge in [0.2, 0.25) is 5.95 Å². The van der Waals surface area contributed by atoms with E-state index in [1.807, 2.05) is 18.2 Å². The van der Waals surface area contributed by atoms with Crippen LogP contribution in [0, 0.1) is 0 Å². The molecule has 9 aromatic rings. The Balaban J connectivity index is 1.29. The maximum Gasteiger partial charge on any atom is 0.235 e. The van der Waals surface area contributed by atoms with E-state index in [-0.39, 0.29) is 0 Å². The molecular formula is C46H29N3O. The zero-order valence-corrected chi connectivity index (χ0v) is 27.0. The topological polar surface area (TPSA) is 50.9 Å². The predicted molar refractivity (Wildman–Crippen MR) is 207 cm³/mol. The lowest BCUT2D eigenvalue weighted by Crippen LogP contribution is -2.04. The number of benzene rings is 7. The van der Waals surface area contributed by atoms with Crippen LogP contribution in [0.2, 0.25) is 0 Å². The molecule has 0 saturated carbocycles. The van der Waals surface area contributed by atoms with Gasteiger partial charge in [-0.2, -0.15) is 0 Å². The van der Waals surface area contributed by atoms with Crippen molar-refractivity contribution >= 4 is 49.1 Å². The van der Waals surface area contributed by atoms with Crippen LogP contribution in [0.25, 0.3) is 88.5 Å². The van der Waals surface area contributed by atoms with Crippen LogP contribution < -0.4 is 0 Å². The van der Waals surface area contributed by atoms with Crippen molar-refractivity contribution in [3.63, 3.8) is 0 Å². The van der Waals surface area contributed by atoms with Crippen LogP contribution in [-0.4, -0.2) is 19.6 Å². The molecule has 50 heavy (non-hydrogen) atoms. The largest absolute Gasteiger partial charge is 0.516 e. The van der Waals surface area contributed by atoms with Gasteiger partial charge in [-0.25, -0.2) is 9.97 Å². The van der Waals surface area contributed by atoms with E-state index in [2.05, 4.69) is 144 Å². The van der Waals surface area contributed by atoms with Gasteiger partial charge in [0.1, 0.15) is 0 Å². The number of hydrogen-bond donors (Lipinski definition) is 1. The highest BCUT2D eigenvalue weighted by Crippen LogP contribution is 2.48. The molecule has 0 unspecified atom stereocenters. The maximum absolute atomic E-state index is 9.62. The van der Waals surface area contributed by atoms with E-state index in [4.69, 9.17) is 9.97 Å². The molecule has 1 aliphatic carbocycles. The number of allylic oxidation sites excluding steroid dienone is 2. The molecule has 4 nitrogen and oxygen atoms in total. The zero-order chi connectivity index (χ0) is 33.2. The van der Waals surface area contributed by atoms with Gasteiger partial charge in [0, 0.05) is 27.1 Å². The third kappa shape index (κ3) is 4.25. The summed E-state index contributed by atoms with van der Waals surface area (Å²) < 4.78 is 2.25. The van der Waals surface area contributed by atoms with Gasteiger partial charge in [-0.3, -0.25) is 4.57 Å². The molecule has 4 heteroatoms. The second kappa shape index (κ2) is 11.1. The molecule has 0 saturated heterocycles. The smallest absolute Gasteiger partial charge is 0.235 e. The Bertz CT molecular complexity index is 2860. The van der Waals surface area contributed by atoms with E-state index >= 15 is 0 Å². The molecule has 0 amide bonds. The van der Waals surface area contributed by atoms with Crippen molar-refractivity contribution in [1.29, 1.82) is 0 Å². The highest BCUT2D eigenvalue weighted by Gasteiger charge is 2.27. The van der Waals surface area contributed by atoms with Crippen LogP contribution in [-0.2, 0) is 0 Å². The molecule has 7 aromatic carbocycles. The predicted octanol–water partition coefficient (Wildman–Crippen LogP) is 11.7. The molecule has 0 radical (unpaired) electrons. The summed E-state index contributed by atoms with van der Waals surface area (Å²) in [7, 11) is 0. The first kappa shape index (κ1) is 28.3. The normalized spacial score (nSPS) is 13.2. The molecule has 0 bridgehead atoms. The Morgan fingerprint density at radius 3 is 2.04 bits per heavy atom. The van der Waals surface area contributed by atoms with E-state index in [9.17, 15) is 5.11 Å². The van der Waals surface area contributed by atoms with Crippen LogP contribution in [0.3, 0.4) is 0 Å². The van der Waals surface area contributed by atoms with Gasteiger partial charge >= 0.3 is 0 Å². The van der Waals surface area contributed by atoms with Crippen molar-refractivity contribution in [3.05, 3.63) is 181 Å². The summed E-state index contributed by atoms with van der Waals surface area (Å²) in [5.74, 6) is 0.624. The first-order valence-corrected chi connectivity index (χ1v) is 16.8. The summed E-state index contributed by atoms with van der Waals surface area (Å²) in [6.45, 7) is 0. The molecule has 0 spiro atoms. The Labute approximate surface area is 288 Å².